The Kier molecular flexibility index (Phi) is 6.73. The van der Waals surface area contributed by atoms with E-state index in [0.29, 0.717) is 29.2 Å². The molecule has 1 N–H and O–H groups in total. The lowest BCUT2D eigenvalue weighted by Crippen LogP contribution is -2.33. The molecular weight excluding hydrogens is 528 g/mol. The highest BCUT2D eigenvalue weighted by atomic mass is 16.5. The van der Waals surface area contributed by atoms with Crippen LogP contribution in [0, 0.1) is 0 Å². The van der Waals surface area contributed by atoms with Gasteiger partial charge in [-0.3, -0.25) is 4.79 Å². The van der Waals surface area contributed by atoms with Gasteiger partial charge in [-0.15, -0.1) is 0 Å². The minimum absolute atomic E-state index is 0.116. The summed E-state index contributed by atoms with van der Waals surface area (Å²) in [5.74, 6) is 1.08. The van der Waals surface area contributed by atoms with Crippen molar-refractivity contribution in [1.82, 2.24) is 0 Å². The van der Waals surface area contributed by atoms with Crippen molar-refractivity contribution in [2.75, 3.05) is 24.4 Å². The van der Waals surface area contributed by atoms with E-state index in [0.717, 1.165) is 45.1 Å². The number of ether oxygens (including phenoxy) is 3. The largest absolute Gasteiger partial charge is 0.496 e. The van der Waals surface area contributed by atoms with Crippen LogP contribution in [0.1, 0.15) is 52.6 Å². The molecule has 0 unspecified atom stereocenters. The first kappa shape index (κ1) is 27.1. The smallest absolute Gasteiger partial charge is 0.343 e. The van der Waals surface area contributed by atoms with Gasteiger partial charge >= 0.3 is 5.97 Å². The van der Waals surface area contributed by atoms with E-state index in [9.17, 15) is 9.59 Å². The monoisotopic (exact) mass is 560 g/mol. The Hall–Kier alpha value is -5.04. The lowest BCUT2D eigenvalue weighted by molar-refractivity contribution is 0.0734. The first-order valence-corrected chi connectivity index (χ1v) is 13.8. The lowest BCUT2D eigenvalue weighted by Gasteiger charge is -2.33. The minimum Gasteiger partial charge on any atom is -0.496 e. The standard InChI is InChI=1S/C35H32N2O5/c1-21(38)22-9-8-10-23(17-22)34(39)42-24-13-14-26(32(18-24)41-5)25-15-16-28-33-27(25)20-37(30(33)19-35(2,3)36-28)29-11-6-7-12-31(29)40-4/h6-19,36H,20H2,1-5H3. The van der Waals surface area contributed by atoms with Crippen molar-refractivity contribution in [3.8, 4) is 28.4 Å². The Labute approximate surface area is 245 Å². The SMILES string of the molecule is COc1cc(OC(=O)c2cccc(C(C)=O)c2)ccc1-c1ccc2c3c1CN(c1ccccc1OC)C3=CC(C)(C)N2. The molecule has 6 rings (SSSR count). The van der Waals surface area contributed by atoms with Gasteiger partial charge in [0, 0.05) is 40.7 Å². The summed E-state index contributed by atoms with van der Waals surface area (Å²) in [4.78, 5) is 26.9. The van der Waals surface area contributed by atoms with E-state index >= 15 is 0 Å². The molecule has 0 amide bonds. The van der Waals surface area contributed by atoms with Crippen LogP contribution in [0.2, 0.25) is 0 Å². The Morgan fingerprint density at radius 2 is 1.57 bits per heavy atom. The quantitative estimate of drug-likeness (QED) is 0.144. The second kappa shape index (κ2) is 10.4. The summed E-state index contributed by atoms with van der Waals surface area (Å²) in [6.07, 6.45) is 2.27. The van der Waals surface area contributed by atoms with Crippen LogP contribution in [0.15, 0.2) is 84.9 Å². The zero-order chi connectivity index (χ0) is 29.6. The van der Waals surface area contributed by atoms with Gasteiger partial charge in [0.25, 0.3) is 0 Å². The number of methoxy groups -OCH3 is 2. The zero-order valence-electron chi connectivity index (χ0n) is 24.3. The summed E-state index contributed by atoms with van der Waals surface area (Å²) in [6.45, 7) is 6.43. The molecule has 7 heteroatoms. The number of anilines is 2. The van der Waals surface area contributed by atoms with Gasteiger partial charge < -0.3 is 24.4 Å². The van der Waals surface area contributed by atoms with Gasteiger partial charge in [-0.1, -0.05) is 30.3 Å². The molecule has 4 aromatic rings. The normalized spacial score (nSPS) is 14.4. The molecule has 0 aromatic heterocycles. The van der Waals surface area contributed by atoms with E-state index in [1.54, 1.807) is 50.6 Å². The number of hydrogen-bond donors (Lipinski definition) is 1. The molecule has 0 atom stereocenters. The van der Waals surface area contributed by atoms with Gasteiger partial charge in [-0.25, -0.2) is 4.79 Å². The second-order valence-electron chi connectivity index (χ2n) is 11.0. The molecule has 0 radical (unpaired) electrons. The molecule has 0 fully saturated rings. The van der Waals surface area contributed by atoms with Crippen LogP contribution in [-0.2, 0) is 6.54 Å². The van der Waals surface area contributed by atoms with Crippen molar-refractivity contribution in [1.29, 1.82) is 0 Å². The van der Waals surface area contributed by atoms with E-state index in [2.05, 4.69) is 48.3 Å². The van der Waals surface area contributed by atoms with Crippen LogP contribution in [0.3, 0.4) is 0 Å². The van der Waals surface area contributed by atoms with Gasteiger partial charge in [0.15, 0.2) is 5.78 Å². The number of Topliss-reactive ketones (excluding diaryl/α,β-unsaturated/α-hetero) is 1. The summed E-state index contributed by atoms with van der Waals surface area (Å²) in [7, 11) is 3.30. The topological polar surface area (TPSA) is 77.1 Å². The van der Waals surface area contributed by atoms with Gasteiger partial charge in [-0.2, -0.15) is 0 Å². The molecule has 212 valence electrons. The summed E-state index contributed by atoms with van der Waals surface area (Å²) in [5, 5.41) is 3.67. The first-order chi connectivity index (χ1) is 20.2. The number of carbonyl (C=O) groups is 2. The fourth-order valence-corrected chi connectivity index (χ4v) is 5.77. The van der Waals surface area contributed by atoms with E-state index in [-0.39, 0.29) is 11.3 Å². The Morgan fingerprint density at radius 1 is 0.833 bits per heavy atom. The summed E-state index contributed by atoms with van der Waals surface area (Å²) >= 11 is 0. The second-order valence-corrected chi connectivity index (χ2v) is 11.0. The van der Waals surface area contributed by atoms with Crippen LogP contribution in [-0.4, -0.2) is 31.5 Å². The summed E-state index contributed by atoms with van der Waals surface area (Å²) in [6, 6.07) is 24.2. The van der Waals surface area contributed by atoms with Crippen molar-refractivity contribution in [2.45, 2.75) is 32.9 Å². The molecule has 0 bridgehead atoms. The number of para-hydroxylation sites is 2. The van der Waals surface area contributed by atoms with Gasteiger partial charge in [-0.05, 0) is 80.4 Å². The van der Waals surface area contributed by atoms with Crippen LogP contribution < -0.4 is 24.4 Å². The number of esters is 1. The fraction of sp³-hybridized carbons (Fsp3) is 0.200. The zero-order valence-corrected chi connectivity index (χ0v) is 24.3. The molecule has 0 aliphatic carbocycles. The van der Waals surface area contributed by atoms with Crippen LogP contribution in [0.25, 0.3) is 16.8 Å². The molecule has 7 nitrogen and oxygen atoms in total. The number of rotatable bonds is 7. The Morgan fingerprint density at radius 3 is 2.33 bits per heavy atom. The Bertz CT molecular complexity index is 1770. The van der Waals surface area contributed by atoms with Crippen LogP contribution in [0.5, 0.6) is 17.2 Å². The third-order valence-electron chi connectivity index (χ3n) is 7.68. The number of nitrogens with zero attached hydrogens (tertiary/aromatic N) is 1. The molecule has 4 aromatic carbocycles. The molecule has 0 saturated heterocycles. The molecule has 42 heavy (non-hydrogen) atoms. The predicted octanol–water partition coefficient (Wildman–Crippen LogP) is 7.36. The maximum absolute atomic E-state index is 12.9. The highest BCUT2D eigenvalue weighted by molar-refractivity contribution is 5.99. The maximum Gasteiger partial charge on any atom is 0.343 e. The summed E-state index contributed by atoms with van der Waals surface area (Å²) in [5.41, 5.74) is 7.97. The number of hydrogen-bond acceptors (Lipinski definition) is 7. The highest BCUT2D eigenvalue weighted by Gasteiger charge is 2.37. The molecule has 2 aliphatic rings. The average molecular weight is 561 g/mol. The van der Waals surface area contributed by atoms with Crippen molar-refractivity contribution >= 4 is 28.8 Å². The number of carbonyl (C=O) groups excluding carboxylic acids is 2. The molecular formula is C35H32N2O5. The first-order valence-electron chi connectivity index (χ1n) is 13.8. The highest BCUT2D eigenvalue weighted by Crippen LogP contribution is 2.51. The van der Waals surface area contributed by atoms with Gasteiger partial charge in [0.1, 0.15) is 17.2 Å². The van der Waals surface area contributed by atoms with Crippen molar-refractivity contribution in [3.05, 3.63) is 107 Å². The van der Waals surface area contributed by atoms with Gasteiger partial charge in [0.05, 0.1) is 31.0 Å². The molecule has 2 aliphatic heterocycles. The van der Waals surface area contributed by atoms with E-state index in [1.807, 2.05) is 24.3 Å². The molecule has 0 saturated carbocycles. The average Bonchev–Trinajstić information content (AvgIpc) is 3.36. The fourth-order valence-electron chi connectivity index (χ4n) is 5.77. The van der Waals surface area contributed by atoms with Crippen LogP contribution in [0.4, 0.5) is 11.4 Å². The van der Waals surface area contributed by atoms with E-state index in [1.165, 1.54) is 6.92 Å². The predicted molar refractivity (Wildman–Crippen MR) is 165 cm³/mol. The third-order valence-corrected chi connectivity index (χ3v) is 7.68. The Balaban J connectivity index is 1.39. The van der Waals surface area contributed by atoms with Gasteiger partial charge in [0.2, 0.25) is 0 Å². The lowest BCUT2D eigenvalue weighted by atomic mass is 9.89. The summed E-state index contributed by atoms with van der Waals surface area (Å²) < 4.78 is 17.2. The van der Waals surface area contributed by atoms with E-state index < -0.39 is 5.97 Å². The maximum atomic E-state index is 12.9. The van der Waals surface area contributed by atoms with Crippen molar-refractivity contribution in [2.24, 2.45) is 0 Å². The third kappa shape index (κ3) is 4.77. The van der Waals surface area contributed by atoms with Crippen molar-refractivity contribution < 1.29 is 23.8 Å². The minimum atomic E-state index is -0.545. The number of ketones is 1. The van der Waals surface area contributed by atoms with E-state index in [4.69, 9.17) is 14.2 Å². The molecule has 0 spiro atoms. The molecule has 2 heterocycles. The number of nitrogens with one attached hydrogen (secondary N) is 1. The van der Waals surface area contributed by atoms with Crippen molar-refractivity contribution in [3.63, 3.8) is 0 Å². The van der Waals surface area contributed by atoms with Crippen LogP contribution >= 0.6 is 0 Å². The number of benzene rings is 4.